The van der Waals surface area contributed by atoms with Crippen LogP contribution in [0.4, 0.5) is 0 Å². The molecule has 2 atom stereocenters. The van der Waals surface area contributed by atoms with Gasteiger partial charge in [-0.25, -0.2) is 8.42 Å². The number of benzene rings is 3. The zero-order chi connectivity index (χ0) is 27.1. The molecular weight excluding hydrogens is 508 g/mol. The van der Waals surface area contributed by atoms with E-state index >= 15 is 0 Å². The van der Waals surface area contributed by atoms with Crippen LogP contribution in [-0.4, -0.2) is 19.5 Å². The highest BCUT2D eigenvalue weighted by Crippen LogP contribution is 2.34. The van der Waals surface area contributed by atoms with Crippen molar-refractivity contribution in [1.29, 1.82) is 0 Å². The smallest absolute Gasteiger partial charge is 0.219 e. The van der Waals surface area contributed by atoms with Crippen LogP contribution in [0.25, 0.3) is 11.0 Å². The van der Waals surface area contributed by atoms with Crippen LogP contribution < -0.4 is 4.74 Å². The van der Waals surface area contributed by atoms with Gasteiger partial charge in [0.1, 0.15) is 23.7 Å². The molecule has 1 heterocycles. The van der Waals surface area contributed by atoms with Gasteiger partial charge in [0.2, 0.25) is 14.9 Å². The molecular formula is C33H36O5S. The number of rotatable bonds is 11. The van der Waals surface area contributed by atoms with Gasteiger partial charge >= 0.3 is 0 Å². The van der Waals surface area contributed by atoms with Crippen molar-refractivity contribution in [1.82, 2.24) is 0 Å². The van der Waals surface area contributed by atoms with Gasteiger partial charge in [0.25, 0.3) is 0 Å². The quantitative estimate of drug-likeness (QED) is 0.143. The Bertz CT molecular complexity index is 1460. The molecule has 4 aromatic rings. The van der Waals surface area contributed by atoms with Crippen molar-refractivity contribution in [2.45, 2.75) is 74.7 Å². The Morgan fingerprint density at radius 3 is 2.46 bits per heavy atom. The second-order valence-corrected chi connectivity index (χ2v) is 12.7. The summed E-state index contributed by atoms with van der Waals surface area (Å²) in [6.45, 7) is 0.542. The number of carbonyl (C=O) groups excluding carboxylic acids is 1. The lowest BCUT2D eigenvalue weighted by atomic mass is 9.92. The van der Waals surface area contributed by atoms with Crippen LogP contribution in [-0.2, 0) is 27.7 Å². The number of ketones is 1. The number of Topliss-reactive ketones (excluding diaryl/α,β-unsaturated/α-hetero) is 1. The highest BCUT2D eigenvalue weighted by Gasteiger charge is 2.34. The van der Waals surface area contributed by atoms with E-state index in [1.54, 1.807) is 12.1 Å². The fraction of sp³-hybridized carbons (Fsp3) is 0.364. The summed E-state index contributed by atoms with van der Waals surface area (Å²) in [5, 5.41) is 0.351. The number of hydrogen-bond acceptors (Lipinski definition) is 5. The summed E-state index contributed by atoms with van der Waals surface area (Å²) in [6, 6.07) is 27.3. The summed E-state index contributed by atoms with van der Waals surface area (Å²) < 4.78 is 38.2. The van der Waals surface area contributed by atoms with Crippen molar-refractivity contribution >= 4 is 26.6 Å². The summed E-state index contributed by atoms with van der Waals surface area (Å²) in [5.74, 6) is 1.09. The Hall–Kier alpha value is -3.38. The standard InChI is InChI=1S/C33H36O5S/c34-31(18-6-4-10-25-13-8-16-29(22-25)37-24-26-11-2-1-3-12-26)27-15-9-17-30(21-20-27)39(35,36)33-23-28-14-5-7-19-32(28)38-33/h1-3,5,7-8,11-14,16,19,22-23,27,30H,4,6,9-10,15,17-18,20-21,24H2. The Balaban J connectivity index is 1.07. The van der Waals surface area contributed by atoms with Gasteiger partial charge < -0.3 is 9.15 Å². The molecule has 0 saturated heterocycles. The Labute approximate surface area is 231 Å². The van der Waals surface area contributed by atoms with Crippen LogP contribution >= 0.6 is 0 Å². The van der Waals surface area contributed by atoms with Crippen molar-refractivity contribution < 1.29 is 22.4 Å². The van der Waals surface area contributed by atoms with E-state index in [9.17, 15) is 13.2 Å². The predicted molar refractivity (Wildman–Crippen MR) is 154 cm³/mol. The zero-order valence-corrected chi connectivity index (χ0v) is 23.1. The topological polar surface area (TPSA) is 73.6 Å². The first-order valence-electron chi connectivity index (χ1n) is 14.0. The molecule has 39 heavy (non-hydrogen) atoms. The SMILES string of the molecule is O=C(CCCCc1cccc(OCc2ccccc2)c1)C1CCCC(S(=O)(=O)c2cc3ccccc3o2)CC1. The molecule has 1 aliphatic rings. The first kappa shape index (κ1) is 27.2. The lowest BCUT2D eigenvalue weighted by Crippen LogP contribution is -2.21. The first-order valence-corrected chi connectivity index (χ1v) is 15.5. The van der Waals surface area contributed by atoms with Crippen molar-refractivity contribution in [3.63, 3.8) is 0 Å². The number of fused-ring (bicyclic) bond motifs is 1. The van der Waals surface area contributed by atoms with Crippen LogP contribution in [0.5, 0.6) is 5.75 Å². The van der Waals surface area contributed by atoms with Gasteiger partial charge in [-0.1, -0.05) is 67.1 Å². The molecule has 0 bridgehead atoms. The predicted octanol–water partition coefficient (Wildman–Crippen LogP) is 7.72. The summed E-state index contributed by atoms with van der Waals surface area (Å²) in [7, 11) is -3.56. The van der Waals surface area contributed by atoms with Crippen LogP contribution in [0.2, 0.25) is 0 Å². The lowest BCUT2D eigenvalue weighted by molar-refractivity contribution is -0.123. The van der Waals surface area contributed by atoms with Crippen LogP contribution in [0, 0.1) is 5.92 Å². The molecule has 5 rings (SSSR count). The molecule has 5 nitrogen and oxygen atoms in total. The zero-order valence-electron chi connectivity index (χ0n) is 22.3. The van der Waals surface area contributed by atoms with Crippen LogP contribution in [0.15, 0.2) is 94.4 Å². The molecule has 0 amide bonds. The molecule has 1 saturated carbocycles. The van der Waals surface area contributed by atoms with E-state index in [-0.39, 0.29) is 16.8 Å². The summed E-state index contributed by atoms with van der Waals surface area (Å²) in [5.41, 5.74) is 2.93. The van der Waals surface area contributed by atoms with Gasteiger partial charge in [-0.05, 0) is 74.3 Å². The summed E-state index contributed by atoms with van der Waals surface area (Å²) in [6.07, 6.45) is 6.45. The number of furan rings is 1. The molecule has 0 aliphatic heterocycles. The van der Waals surface area contributed by atoms with E-state index < -0.39 is 15.1 Å². The van der Waals surface area contributed by atoms with E-state index in [0.717, 1.165) is 48.8 Å². The van der Waals surface area contributed by atoms with E-state index in [2.05, 4.69) is 24.3 Å². The minimum atomic E-state index is -3.56. The van der Waals surface area contributed by atoms with Crippen molar-refractivity contribution in [3.05, 3.63) is 96.1 Å². The molecule has 204 valence electrons. The lowest BCUT2D eigenvalue weighted by Gasteiger charge is -2.14. The molecule has 0 spiro atoms. The Morgan fingerprint density at radius 1 is 0.821 bits per heavy atom. The Morgan fingerprint density at radius 2 is 1.62 bits per heavy atom. The van der Waals surface area contributed by atoms with Crippen LogP contribution in [0.1, 0.15) is 62.5 Å². The number of ether oxygens (including phenoxy) is 1. The normalized spacial score (nSPS) is 18.1. The van der Waals surface area contributed by atoms with Gasteiger partial charge in [-0.2, -0.15) is 0 Å². The second kappa shape index (κ2) is 12.6. The molecule has 6 heteroatoms. The first-order chi connectivity index (χ1) is 19.0. The summed E-state index contributed by atoms with van der Waals surface area (Å²) in [4.78, 5) is 13.0. The van der Waals surface area contributed by atoms with E-state index in [1.807, 2.05) is 48.5 Å². The van der Waals surface area contributed by atoms with E-state index in [0.29, 0.717) is 37.9 Å². The van der Waals surface area contributed by atoms with Crippen molar-refractivity contribution in [3.8, 4) is 5.75 Å². The third-order valence-electron chi connectivity index (χ3n) is 7.78. The number of unbranched alkanes of at least 4 members (excludes halogenated alkanes) is 1. The molecule has 2 unspecified atom stereocenters. The monoisotopic (exact) mass is 544 g/mol. The molecule has 1 aromatic heterocycles. The fourth-order valence-electron chi connectivity index (χ4n) is 5.53. The maximum Gasteiger partial charge on any atom is 0.219 e. The van der Waals surface area contributed by atoms with Gasteiger partial charge in [0.15, 0.2) is 0 Å². The minimum absolute atomic E-state index is 0.0458. The van der Waals surface area contributed by atoms with Crippen molar-refractivity contribution in [2.75, 3.05) is 0 Å². The maximum atomic E-state index is 13.3. The van der Waals surface area contributed by atoms with Crippen LogP contribution in [0.3, 0.4) is 0 Å². The van der Waals surface area contributed by atoms with E-state index in [4.69, 9.17) is 9.15 Å². The number of carbonyl (C=O) groups is 1. The molecule has 3 aromatic carbocycles. The van der Waals surface area contributed by atoms with Gasteiger partial charge in [0, 0.05) is 23.8 Å². The Kier molecular flexibility index (Phi) is 8.82. The number of hydrogen-bond donors (Lipinski definition) is 0. The average Bonchev–Trinajstić information content (AvgIpc) is 3.25. The molecule has 0 N–H and O–H groups in total. The minimum Gasteiger partial charge on any atom is -0.489 e. The van der Waals surface area contributed by atoms with E-state index in [1.165, 1.54) is 5.56 Å². The highest BCUT2D eigenvalue weighted by atomic mass is 32.2. The van der Waals surface area contributed by atoms with Crippen molar-refractivity contribution in [2.24, 2.45) is 5.92 Å². The van der Waals surface area contributed by atoms with Gasteiger partial charge in [0.05, 0.1) is 5.25 Å². The van der Waals surface area contributed by atoms with Gasteiger partial charge in [-0.15, -0.1) is 0 Å². The second-order valence-electron chi connectivity index (χ2n) is 10.6. The number of aryl methyl sites for hydroxylation is 1. The molecule has 0 radical (unpaired) electrons. The maximum absolute atomic E-state index is 13.3. The van der Waals surface area contributed by atoms with Gasteiger partial charge in [-0.3, -0.25) is 4.79 Å². The molecule has 1 aliphatic carbocycles. The fourth-order valence-corrected chi connectivity index (χ4v) is 7.28. The number of para-hydroxylation sites is 1. The third-order valence-corrected chi connectivity index (χ3v) is 9.89. The largest absolute Gasteiger partial charge is 0.489 e. The third kappa shape index (κ3) is 6.99. The average molecular weight is 545 g/mol. The number of sulfone groups is 1. The molecule has 1 fully saturated rings. The summed E-state index contributed by atoms with van der Waals surface area (Å²) >= 11 is 0. The highest BCUT2D eigenvalue weighted by molar-refractivity contribution is 7.91.